The van der Waals surface area contributed by atoms with Crippen molar-refractivity contribution in [2.24, 2.45) is 0 Å². The maximum Gasteiger partial charge on any atom is 0.258 e. The van der Waals surface area contributed by atoms with Crippen molar-refractivity contribution in [1.29, 1.82) is 0 Å². The van der Waals surface area contributed by atoms with E-state index in [-0.39, 0.29) is 0 Å². The zero-order chi connectivity index (χ0) is 12.4. The van der Waals surface area contributed by atoms with Crippen molar-refractivity contribution in [3.63, 3.8) is 0 Å². The van der Waals surface area contributed by atoms with Gasteiger partial charge in [-0.05, 0) is 30.5 Å². The summed E-state index contributed by atoms with van der Waals surface area (Å²) in [5, 5.41) is 10.3. The molecule has 0 saturated heterocycles. The summed E-state index contributed by atoms with van der Waals surface area (Å²) in [5.41, 5.74) is 0.881. The summed E-state index contributed by atoms with van der Waals surface area (Å²) in [6, 6.07) is 7.92. The van der Waals surface area contributed by atoms with Crippen LogP contribution in [0.4, 0.5) is 0 Å². The maximum atomic E-state index is 5.19. The highest BCUT2D eigenvalue weighted by atomic mass is 32.2. The van der Waals surface area contributed by atoms with E-state index in [9.17, 15) is 0 Å². The quantitative estimate of drug-likeness (QED) is 0.726. The summed E-state index contributed by atoms with van der Waals surface area (Å²) in [7, 11) is 0. The highest BCUT2D eigenvalue weighted by Gasteiger charge is 2.12. The number of aromatic nitrogens is 5. The normalized spacial score (nSPS) is 10.7. The summed E-state index contributed by atoms with van der Waals surface area (Å²) < 4.78 is 5.19. The number of benzene rings is 1. The lowest BCUT2D eigenvalue weighted by atomic mass is 10.2. The van der Waals surface area contributed by atoms with Crippen molar-refractivity contribution in [2.75, 3.05) is 6.26 Å². The van der Waals surface area contributed by atoms with Gasteiger partial charge in [-0.1, -0.05) is 5.16 Å². The lowest BCUT2D eigenvalue weighted by Gasteiger charge is -1.96. The Bertz CT molecular complexity index is 632. The summed E-state index contributed by atoms with van der Waals surface area (Å²) in [6.45, 7) is 0. The minimum atomic E-state index is 0.399. The second kappa shape index (κ2) is 4.61. The van der Waals surface area contributed by atoms with Gasteiger partial charge < -0.3 is 4.52 Å². The zero-order valence-corrected chi connectivity index (χ0v) is 10.3. The van der Waals surface area contributed by atoms with Crippen molar-refractivity contribution in [3.8, 4) is 23.1 Å². The smallest absolute Gasteiger partial charge is 0.258 e. The van der Waals surface area contributed by atoms with Crippen LogP contribution in [0.25, 0.3) is 23.1 Å². The van der Waals surface area contributed by atoms with E-state index >= 15 is 0 Å². The molecule has 0 fully saturated rings. The van der Waals surface area contributed by atoms with Crippen molar-refractivity contribution >= 4 is 11.8 Å². The fourth-order valence-corrected chi connectivity index (χ4v) is 1.89. The van der Waals surface area contributed by atoms with Gasteiger partial charge in [0.1, 0.15) is 6.33 Å². The van der Waals surface area contributed by atoms with Crippen LogP contribution in [0.5, 0.6) is 0 Å². The van der Waals surface area contributed by atoms with Gasteiger partial charge in [-0.15, -0.1) is 11.8 Å². The largest absolute Gasteiger partial charge is 0.334 e. The fraction of sp³-hybridized carbons (Fsp3) is 0.0909. The molecule has 0 aliphatic heterocycles. The molecule has 7 heteroatoms. The monoisotopic (exact) mass is 259 g/mol. The molecular formula is C11H9N5OS. The topological polar surface area (TPSA) is 80.5 Å². The lowest BCUT2D eigenvalue weighted by molar-refractivity contribution is 0.432. The van der Waals surface area contributed by atoms with E-state index in [0.29, 0.717) is 17.5 Å². The third kappa shape index (κ3) is 2.00. The summed E-state index contributed by atoms with van der Waals surface area (Å²) >= 11 is 1.69. The molecule has 2 aromatic heterocycles. The Morgan fingerprint density at radius 1 is 1.22 bits per heavy atom. The average molecular weight is 259 g/mol. The van der Waals surface area contributed by atoms with E-state index < -0.39 is 0 Å². The Morgan fingerprint density at radius 2 is 2.06 bits per heavy atom. The van der Waals surface area contributed by atoms with Crippen molar-refractivity contribution in [2.45, 2.75) is 4.90 Å². The van der Waals surface area contributed by atoms with Crippen LogP contribution in [0, 0.1) is 0 Å². The molecule has 0 amide bonds. The van der Waals surface area contributed by atoms with E-state index in [2.05, 4.69) is 25.3 Å². The van der Waals surface area contributed by atoms with Crippen LogP contribution in [0.1, 0.15) is 0 Å². The molecule has 0 aliphatic rings. The molecule has 18 heavy (non-hydrogen) atoms. The van der Waals surface area contributed by atoms with Gasteiger partial charge in [-0.2, -0.15) is 10.1 Å². The molecule has 0 atom stereocenters. The van der Waals surface area contributed by atoms with E-state index in [0.717, 1.165) is 5.56 Å². The van der Waals surface area contributed by atoms with Gasteiger partial charge in [-0.3, -0.25) is 5.10 Å². The fourth-order valence-electron chi connectivity index (χ4n) is 1.48. The van der Waals surface area contributed by atoms with Crippen LogP contribution in [-0.2, 0) is 0 Å². The Hall–Kier alpha value is -2.15. The van der Waals surface area contributed by atoms with Gasteiger partial charge in [-0.25, -0.2) is 4.98 Å². The molecule has 0 spiro atoms. The number of hydrogen-bond acceptors (Lipinski definition) is 6. The Labute approximate surface area is 107 Å². The molecule has 0 unspecified atom stereocenters. The second-order valence-electron chi connectivity index (χ2n) is 3.49. The molecule has 2 heterocycles. The molecule has 0 radical (unpaired) electrons. The van der Waals surface area contributed by atoms with E-state index in [4.69, 9.17) is 4.52 Å². The Kier molecular flexibility index (Phi) is 2.81. The molecule has 0 aliphatic carbocycles. The molecule has 1 N–H and O–H groups in total. The summed E-state index contributed by atoms with van der Waals surface area (Å²) in [6.07, 6.45) is 3.43. The predicted octanol–water partition coefficient (Wildman–Crippen LogP) is 2.24. The minimum absolute atomic E-state index is 0.399. The van der Waals surface area contributed by atoms with Crippen molar-refractivity contribution < 1.29 is 4.52 Å². The van der Waals surface area contributed by atoms with Crippen molar-refractivity contribution in [3.05, 3.63) is 30.6 Å². The zero-order valence-electron chi connectivity index (χ0n) is 9.49. The first-order chi connectivity index (χ1) is 8.86. The van der Waals surface area contributed by atoms with Crippen LogP contribution < -0.4 is 0 Å². The number of aromatic amines is 1. The predicted molar refractivity (Wildman–Crippen MR) is 66.9 cm³/mol. The SMILES string of the molecule is CSc1ccc(-c2nc(-c3ncn[nH]3)no2)cc1. The van der Waals surface area contributed by atoms with Crippen molar-refractivity contribution in [1.82, 2.24) is 25.3 Å². The number of thioether (sulfide) groups is 1. The maximum absolute atomic E-state index is 5.19. The molecule has 90 valence electrons. The number of H-pyrrole nitrogens is 1. The third-order valence-corrected chi connectivity index (χ3v) is 3.13. The van der Waals surface area contributed by atoms with Crippen LogP contribution in [0.15, 0.2) is 40.0 Å². The number of hydrogen-bond donors (Lipinski definition) is 1. The van der Waals surface area contributed by atoms with Crippen LogP contribution >= 0.6 is 11.8 Å². The Balaban J connectivity index is 1.92. The summed E-state index contributed by atoms with van der Waals surface area (Å²) in [5.74, 6) is 1.36. The van der Waals surface area contributed by atoms with Gasteiger partial charge >= 0.3 is 0 Å². The standard InChI is InChI=1S/C11H9N5OS/c1-18-8-4-2-7(3-5-8)11-14-10(16-17-11)9-12-6-13-15-9/h2-6H,1H3,(H,12,13,15). The third-order valence-electron chi connectivity index (χ3n) is 2.39. The van der Waals surface area contributed by atoms with Crippen LogP contribution in [-0.4, -0.2) is 31.6 Å². The van der Waals surface area contributed by atoms with E-state index in [1.165, 1.54) is 11.2 Å². The Morgan fingerprint density at radius 3 is 2.72 bits per heavy atom. The molecule has 3 aromatic rings. The minimum Gasteiger partial charge on any atom is -0.334 e. The average Bonchev–Trinajstić information content (AvgIpc) is 3.09. The van der Waals surface area contributed by atoms with Crippen LogP contribution in [0.3, 0.4) is 0 Å². The molecule has 6 nitrogen and oxygen atoms in total. The molecule has 1 aromatic carbocycles. The first-order valence-corrected chi connectivity index (χ1v) is 6.43. The summed E-state index contributed by atoms with van der Waals surface area (Å²) in [4.78, 5) is 9.41. The van der Waals surface area contributed by atoms with Gasteiger partial charge in [0, 0.05) is 10.5 Å². The first-order valence-electron chi connectivity index (χ1n) is 5.20. The van der Waals surface area contributed by atoms with E-state index in [1.807, 2.05) is 30.5 Å². The van der Waals surface area contributed by atoms with Gasteiger partial charge in [0.2, 0.25) is 5.82 Å². The van der Waals surface area contributed by atoms with Gasteiger partial charge in [0.25, 0.3) is 5.89 Å². The number of rotatable bonds is 3. The lowest BCUT2D eigenvalue weighted by Crippen LogP contribution is -1.83. The molecular weight excluding hydrogens is 250 g/mol. The molecule has 0 saturated carbocycles. The first kappa shape index (κ1) is 11.0. The van der Waals surface area contributed by atoms with Gasteiger partial charge in [0.05, 0.1) is 0 Å². The van der Waals surface area contributed by atoms with E-state index in [1.54, 1.807) is 11.8 Å². The van der Waals surface area contributed by atoms with Crippen LogP contribution in [0.2, 0.25) is 0 Å². The highest BCUT2D eigenvalue weighted by molar-refractivity contribution is 7.98. The highest BCUT2D eigenvalue weighted by Crippen LogP contribution is 2.23. The molecule has 3 rings (SSSR count). The number of nitrogens with one attached hydrogen (secondary N) is 1. The number of nitrogens with zero attached hydrogens (tertiary/aromatic N) is 4. The molecule has 0 bridgehead atoms. The second-order valence-corrected chi connectivity index (χ2v) is 4.37. The van der Waals surface area contributed by atoms with Gasteiger partial charge in [0.15, 0.2) is 5.82 Å².